The average Bonchev–Trinajstić information content (AvgIpc) is 3.25. The van der Waals surface area contributed by atoms with E-state index in [-0.39, 0.29) is 0 Å². The number of benzene rings is 3. The lowest BCUT2D eigenvalue weighted by Gasteiger charge is -2.30. The maximum absolute atomic E-state index is 4.78. The second-order valence-electron chi connectivity index (χ2n) is 13.1. The van der Waals surface area contributed by atoms with Crippen molar-refractivity contribution in [1.82, 2.24) is 14.6 Å². The molecule has 4 aromatic rings. The minimum Gasteiger partial charge on any atom is -0.385 e. The maximum atomic E-state index is 4.78. The topological polar surface area (TPSA) is 40.2 Å². The van der Waals surface area contributed by atoms with E-state index in [0.717, 1.165) is 51.0 Å². The predicted molar refractivity (Wildman–Crippen MR) is 266 cm³/mol. The number of terminal acetylenes is 1. The van der Waals surface area contributed by atoms with Crippen LogP contribution in [0.5, 0.6) is 0 Å². The predicted octanol–water partition coefficient (Wildman–Crippen LogP) is 15.2. The Morgan fingerprint density at radius 2 is 1.45 bits per heavy atom. The summed E-state index contributed by atoms with van der Waals surface area (Å²) in [4.78, 5) is 6.72. The highest BCUT2D eigenvalue weighted by Crippen LogP contribution is 2.32. The van der Waals surface area contributed by atoms with Gasteiger partial charge in [-0.3, -0.25) is 4.98 Å². The van der Waals surface area contributed by atoms with Gasteiger partial charge in [-0.15, -0.1) is 18.9 Å². The van der Waals surface area contributed by atoms with Crippen LogP contribution < -0.4 is 10.6 Å². The van der Waals surface area contributed by atoms with Gasteiger partial charge < -0.3 is 10.6 Å². The molecule has 2 N–H and O–H groups in total. The van der Waals surface area contributed by atoms with Crippen molar-refractivity contribution in [3.05, 3.63) is 156 Å². The average molecular weight is 823 g/mol. The smallest absolute Gasteiger partial charge is 0.0401 e. The van der Waals surface area contributed by atoms with Gasteiger partial charge in [0.25, 0.3) is 0 Å². The minimum atomic E-state index is 0.391. The van der Waals surface area contributed by atoms with E-state index in [1.807, 2.05) is 76.5 Å². The summed E-state index contributed by atoms with van der Waals surface area (Å²) in [5.41, 5.74) is 7.69. The highest BCUT2D eigenvalue weighted by atomic mass is 32.2. The van der Waals surface area contributed by atoms with Crippen LogP contribution in [0.25, 0.3) is 0 Å². The highest BCUT2D eigenvalue weighted by molar-refractivity contribution is 8.02. The molecule has 0 spiro atoms. The highest BCUT2D eigenvalue weighted by Gasteiger charge is 2.17. The van der Waals surface area contributed by atoms with Gasteiger partial charge in [0, 0.05) is 65.7 Å². The zero-order chi connectivity index (χ0) is 44.0. The summed E-state index contributed by atoms with van der Waals surface area (Å²) in [6.45, 7) is 35.6. The standard InChI is InChI=1S/C22H31N3S2.C13H12.C9H17N.C4H6.2C2H6/c1-7-26-22-12-20(9-8-17(22)4)27-25(15-16(2)3)19(6)14-24-21-10-11-23-13-18(21)5;1-3-7-12(8-4-1)11-13-9-5-2-6-10-13;1-4-7-9(6-3)10-8-5-2;1-3-4-2;2*1-2/h7-13,16,19H,1,14-15H2,2-6H3,(H,23,24);1-10H,11H2;5,7,10H,2,4,6,8H2,1,3H3;1H,4H2,2H3;2*1-2H3/b;;9-7-;;;. The number of aryl methyl sites for hydroxylation is 2. The van der Waals surface area contributed by atoms with Gasteiger partial charge in [-0.05, 0) is 104 Å². The van der Waals surface area contributed by atoms with Crippen LogP contribution in [0.1, 0.15) is 111 Å². The summed E-state index contributed by atoms with van der Waals surface area (Å²) in [7, 11) is 0. The summed E-state index contributed by atoms with van der Waals surface area (Å²) in [5.74, 6) is 3.04. The van der Waals surface area contributed by atoms with Gasteiger partial charge in [0.15, 0.2) is 0 Å². The molecule has 0 amide bonds. The van der Waals surface area contributed by atoms with Crippen molar-refractivity contribution in [2.45, 2.75) is 125 Å². The van der Waals surface area contributed by atoms with Gasteiger partial charge in [0.1, 0.15) is 0 Å². The Balaban J connectivity index is 0. The van der Waals surface area contributed by atoms with Crippen LogP contribution in [-0.4, -0.2) is 35.0 Å². The first-order valence-corrected chi connectivity index (χ1v) is 22.8. The number of rotatable bonds is 17. The normalized spacial score (nSPS) is 10.5. The molecule has 4 rings (SSSR count). The zero-order valence-electron chi connectivity index (χ0n) is 38.3. The van der Waals surface area contributed by atoms with Gasteiger partial charge in [-0.2, -0.15) is 0 Å². The number of anilines is 1. The molecule has 4 nitrogen and oxygen atoms in total. The van der Waals surface area contributed by atoms with Gasteiger partial charge in [-0.1, -0.05) is 160 Å². The quantitative estimate of drug-likeness (QED) is 0.0478. The molecule has 0 saturated heterocycles. The Labute approximate surface area is 366 Å². The fraction of sp³-hybridized carbons (Fsp3) is 0.404. The van der Waals surface area contributed by atoms with Gasteiger partial charge in [0.05, 0.1) is 0 Å². The molecule has 0 fully saturated rings. The summed E-state index contributed by atoms with van der Waals surface area (Å²) < 4.78 is 2.49. The molecule has 0 aliphatic rings. The van der Waals surface area contributed by atoms with Crippen molar-refractivity contribution < 1.29 is 0 Å². The molecule has 6 heteroatoms. The van der Waals surface area contributed by atoms with Gasteiger partial charge in [0.2, 0.25) is 0 Å². The lowest BCUT2D eigenvalue weighted by atomic mass is 10.1. The van der Waals surface area contributed by atoms with E-state index in [1.54, 1.807) is 11.8 Å². The van der Waals surface area contributed by atoms with Crippen LogP contribution in [0.15, 0.2) is 144 Å². The number of aromatic nitrogens is 1. The Morgan fingerprint density at radius 3 is 1.91 bits per heavy atom. The van der Waals surface area contributed by atoms with Crippen LogP contribution >= 0.6 is 23.7 Å². The van der Waals surface area contributed by atoms with E-state index >= 15 is 0 Å². The number of hydrogen-bond donors (Lipinski definition) is 2. The molecule has 1 heterocycles. The molecule has 58 heavy (non-hydrogen) atoms. The molecule has 1 unspecified atom stereocenters. The fourth-order valence-electron chi connectivity index (χ4n) is 4.91. The first-order chi connectivity index (χ1) is 28.1. The summed E-state index contributed by atoms with van der Waals surface area (Å²) >= 11 is 3.53. The van der Waals surface area contributed by atoms with E-state index in [2.05, 4.69) is 172 Å². The van der Waals surface area contributed by atoms with Crippen molar-refractivity contribution in [2.75, 3.05) is 25.0 Å². The molecule has 1 aromatic heterocycles. The third-order valence-corrected chi connectivity index (χ3v) is 9.91. The second-order valence-corrected chi connectivity index (χ2v) is 15.2. The van der Waals surface area contributed by atoms with E-state index in [4.69, 9.17) is 6.42 Å². The Bertz CT molecular complexity index is 1610. The first kappa shape index (κ1) is 55.9. The fourth-order valence-corrected chi connectivity index (χ4v) is 6.81. The van der Waals surface area contributed by atoms with Crippen LogP contribution in [0.3, 0.4) is 0 Å². The number of thioether (sulfide) groups is 1. The van der Waals surface area contributed by atoms with E-state index in [9.17, 15) is 0 Å². The van der Waals surface area contributed by atoms with Crippen LogP contribution in [-0.2, 0) is 6.42 Å². The third kappa shape index (κ3) is 27.5. The van der Waals surface area contributed by atoms with Crippen molar-refractivity contribution >= 4 is 29.4 Å². The van der Waals surface area contributed by atoms with Crippen molar-refractivity contribution in [3.63, 3.8) is 0 Å². The molecular weight excluding hydrogens is 745 g/mol. The van der Waals surface area contributed by atoms with Crippen LogP contribution in [0.2, 0.25) is 0 Å². The van der Waals surface area contributed by atoms with E-state index in [0.29, 0.717) is 12.0 Å². The Morgan fingerprint density at radius 1 is 0.862 bits per heavy atom. The van der Waals surface area contributed by atoms with Crippen molar-refractivity contribution in [1.29, 1.82) is 0 Å². The minimum absolute atomic E-state index is 0.391. The van der Waals surface area contributed by atoms with E-state index < -0.39 is 0 Å². The van der Waals surface area contributed by atoms with Gasteiger partial charge >= 0.3 is 0 Å². The summed E-state index contributed by atoms with van der Waals surface area (Å²) in [6, 6.07) is 30.2. The van der Waals surface area contributed by atoms with E-state index in [1.165, 1.54) is 37.7 Å². The van der Waals surface area contributed by atoms with Crippen LogP contribution in [0.4, 0.5) is 5.69 Å². The first-order valence-electron chi connectivity index (χ1n) is 21.1. The Hall–Kier alpha value is -4.15. The van der Waals surface area contributed by atoms with Crippen LogP contribution in [0, 0.1) is 32.1 Å². The number of allylic oxidation sites excluding steroid dienone is 2. The number of nitrogens with zero attached hydrogens (tertiary/aromatic N) is 2. The largest absolute Gasteiger partial charge is 0.385 e. The maximum Gasteiger partial charge on any atom is 0.0401 e. The van der Waals surface area contributed by atoms with Crippen molar-refractivity contribution in [2.24, 2.45) is 5.92 Å². The Kier molecular flexibility index (Phi) is 37.0. The lowest BCUT2D eigenvalue weighted by molar-refractivity contribution is 0.343. The molecule has 1 atom stereocenters. The number of hydrogen-bond acceptors (Lipinski definition) is 6. The molecule has 0 aliphatic heterocycles. The SMILES string of the molecule is C#CCC.C=CCN/C(=C\CC)CC.C=CSc1cc(SN(CC(C)C)C(C)CNc2ccncc2C)ccc1C.CC.CC.c1ccc(Cc2ccccc2)cc1. The molecule has 0 saturated carbocycles. The zero-order valence-corrected chi connectivity index (χ0v) is 39.9. The summed E-state index contributed by atoms with van der Waals surface area (Å²) in [6.07, 6.45) is 16.7. The third-order valence-electron chi connectivity index (χ3n) is 7.84. The monoisotopic (exact) mass is 823 g/mol. The molecule has 318 valence electrons. The number of nitrogens with one attached hydrogen (secondary N) is 2. The number of pyridine rings is 1. The molecule has 0 aliphatic carbocycles. The summed E-state index contributed by atoms with van der Waals surface area (Å²) in [5, 5.41) is 8.74. The second kappa shape index (κ2) is 38.4. The lowest BCUT2D eigenvalue weighted by Crippen LogP contribution is -2.35. The van der Waals surface area contributed by atoms with Crippen molar-refractivity contribution in [3.8, 4) is 12.3 Å². The van der Waals surface area contributed by atoms with Gasteiger partial charge in [-0.25, -0.2) is 4.31 Å². The molecule has 0 bridgehead atoms. The molecular formula is C52H78N4S2. The molecule has 0 radical (unpaired) electrons. The molecule has 3 aromatic carbocycles.